The molecule has 0 aromatic heterocycles. The van der Waals surface area contributed by atoms with Crippen molar-refractivity contribution in [2.75, 3.05) is 82.9 Å². The van der Waals surface area contributed by atoms with Gasteiger partial charge in [0.2, 0.25) is 0 Å². The van der Waals surface area contributed by atoms with E-state index in [1.54, 1.807) is 42.7 Å². The Bertz CT molecular complexity index is 2380. The lowest BCUT2D eigenvalue weighted by molar-refractivity contribution is 0.0997. The number of allylic oxidation sites excluding steroid dienone is 2. The normalized spacial score (nSPS) is 20.8. The van der Waals surface area contributed by atoms with Gasteiger partial charge >= 0.3 is 12.1 Å². The number of nitrogens with one attached hydrogen (secondary N) is 1. The molecular formula is C51H69ClN6O8. The van der Waals surface area contributed by atoms with E-state index in [2.05, 4.69) is 62.2 Å². The maximum Gasteiger partial charge on any atom is 0.325 e. The standard InChI is InChI=1S/C30H39N3O5.C21H29N3O3.ClH/c1-29(2)17-26-30(8-10-32(11-9-30)18-20-12-22(35-4)15-23(13-20)36-5)31(3)28(34)33(26)19-21-14-24(37-6)16-25(38-7)27(21)29;1-20(2)12-17-21(6-8-22-9-7-21)23(3)19(25)24(17)13-14-10-15(26-4)11-16(27-5)18(14)20;/h12-17H,8-11,18-19H2,1-7H3;10-12,22H,6-9,13H2,1-5H3;1H. The third-order valence-electron chi connectivity index (χ3n) is 15.0. The highest BCUT2D eigenvalue weighted by molar-refractivity contribution is 5.85. The zero-order valence-electron chi connectivity index (χ0n) is 40.9. The molecule has 4 amide bonds. The number of hydrogen-bond donors (Lipinski definition) is 1. The molecule has 9 rings (SSSR count). The molecule has 0 unspecified atom stereocenters. The number of methoxy groups -OCH3 is 6. The van der Waals surface area contributed by atoms with Crippen LogP contribution in [0.3, 0.4) is 0 Å². The number of piperidine rings is 2. The van der Waals surface area contributed by atoms with Gasteiger partial charge in [0.25, 0.3) is 0 Å². The van der Waals surface area contributed by atoms with Crippen LogP contribution in [0.15, 0.2) is 66.0 Å². The van der Waals surface area contributed by atoms with Gasteiger partial charge in [-0.15, -0.1) is 12.4 Å². The average Bonchev–Trinajstić information content (AvgIpc) is 3.45. The van der Waals surface area contributed by atoms with E-state index in [0.717, 1.165) is 132 Å². The van der Waals surface area contributed by atoms with Crippen molar-refractivity contribution in [3.8, 4) is 34.5 Å². The minimum absolute atomic E-state index is 0. The third kappa shape index (κ3) is 8.16. The Kier molecular flexibility index (Phi) is 13.6. The minimum Gasteiger partial charge on any atom is -0.497 e. The van der Waals surface area contributed by atoms with Crippen molar-refractivity contribution in [2.45, 2.75) is 94.9 Å². The molecule has 3 aromatic rings. The molecule has 0 atom stereocenters. The van der Waals surface area contributed by atoms with E-state index >= 15 is 0 Å². The largest absolute Gasteiger partial charge is 0.497 e. The molecule has 14 nitrogen and oxygen atoms in total. The van der Waals surface area contributed by atoms with Crippen molar-refractivity contribution in [3.05, 3.63) is 93.8 Å². The lowest BCUT2D eigenvalue weighted by Crippen LogP contribution is -2.52. The molecule has 0 saturated carbocycles. The lowest BCUT2D eigenvalue weighted by atomic mass is 9.77. The molecule has 0 bridgehead atoms. The van der Waals surface area contributed by atoms with Gasteiger partial charge in [-0.3, -0.25) is 14.7 Å². The van der Waals surface area contributed by atoms with Crippen LogP contribution in [0.4, 0.5) is 9.59 Å². The number of urea groups is 2. The minimum atomic E-state index is -0.337. The summed E-state index contributed by atoms with van der Waals surface area (Å²) in [5, 5.41) is 3.43. The zero-order chi connectivity index (χ0) is 46.6. The van der Waals surface area contributed by atoms with Crippen molar-refractivity contribution in [1.29, 1.82) is 0 Å². The highest BCUT2D eigenvalue weighted by Gasteiger charge is 2.56. The van der Waals surface area contributed by atoms with E-state index in [1.165, 1.54) is 0 Å². The molecule has 358 valence electrons. The van der Waals surface area contributed by atoms with Crippen LogP contribution in [0.2, 0.25) is 0 Å². The molecule has 6 aliphatic heterocycles. The summed E-state index contributed by atoms with van der Waals surface area (Å²) in [6.45, 7) is 14.3. The van der Waals surface area contributed by atoms with Gasteiger partial charge in [-0.25, -0.2) is 9.59 Å². The molecule has 4 saturated heterocycles. The number of amides is 4. The highest BCUT2D eigenvalue weighted by Crippen LogP contribution is 2.52. The smallest absolute Gasteiger partial charge is 0.325 e. The fourth-order valence-corrected chi connectivity index (χ4v) is 11.6. The molecule has 0 aliphatic carbocycles. The van der Waals surface area contributed by atoms with E-state index in [0.29, 0.717) is 13.1 Å². The summed E-state index contributed by atoms with van der Waals surface area (Å²) >= 11 is 0. The topological polar surface area (TPSA) is 118 Å². The van der Waals surface area contributed by atoms with Gasteiger partial charge in [0.1, 0.15) is 34.5 Å². The Hall–Kier alpha value is -5.31. The number of benzene rings is 3. The lowest BCUT2D eigenvalue weighted by Gasteiger charge is -2.43. The molecule has 66 heavy (non-hydrogen) atoms. The van der Waals surface area contributed by atoms with Gasteiger partial charge in [0, 0.05) is 85.3 Å². The summed E-state index contributed by atoms with van der Waals surface area (Å²) in [6.07, 6.45) is 8.20. The van der Waals surface area contributed by atoms with Gasteiger partial charge < -0.3 is 43.5 Å². The van der Waals surface area contributed by atoms with Crippen molar-refractivity contribution < 1.29 is 38.0 Å². The molecule has 1 N–H and O–H groups in total. The number of likely N-dealkylation sites (tertiary alicyclic amines) is 1. The van der Waals surface area contributed by atoms with Gasteiger partial charge in [-0.1, -0.05) is 39.8 Å². The van der Waals surface area contributed by atoms with Crippen LogP contribution in [0.25, 0.3) is 0 Å². The first-order chi connectivity index (χ1) is 31.0. The van der Waals surface area contributed by atoms with Gasteiger partial charge in [0.15, 0.2) is 0 Å². The van der Waals surface area contributed by atoms with Crippen LogP contribution in [0, 0.1) is 0 Å². The number of fused-ring (bicyclic) bond motifs is 6. The van der Waals surface area contributed by atoms with Gasteiger partial charge in [-0.2, -0.15) is 0 Å². The zero-order valence-corrected chi connectivity index (χ0v) is 41.7. The Labute approximate surface area is 397 Å². The van der Waals surface area contributed by atoms with Crippen molar-refractivity contribution in [2.24, 2.45) is 0 Å². The van der Waals surface area contributed by atoms with Crippen molar-refractivity contribution in [3.63, 3.8) is 0 Å². The van der Waals surface area contributed by atoms with E-state index in [9.17, 15) is 9.59 Å². The quantitative estimate of drug-likeness (QED) is 0.238. The second-order valence-electron chi connectivity index (χ2n) is 19.4. The van der Waals surface area contributed by atoms with E-state index in [1.807, 2.05) is 64.0 Å². The number of carbonyl (C=O) groups excluding carboxylic acids is 2. The Morgan fingerprint density at radius 1 is 0.545 bits per heavy atom. The molecule has 3 aromatic carbocycles. The summed E-state index contributed by atoms with van der Waals surface area (Å²) in [5.74, 6) is 4.68. The van der Waals surface area contributed by atoms with Crippen LogP contribution in [-0.4, -0.2) is 131 Å². The van der Waals surface area contributed by atoms with E-state index < -0.39 is 0 Å². The number of ether oxygens (including phenoxy) is 6. The Balaban J connectivity index is 0.000000204. The average molecular weight is 930 g/mol. The van der Waals surface area contributed by atoms with E-state index in [-0.39, 0.29) is 46.4 Å². The van der Waals surface area contributed by atoms with Crippen LogP contribution in [0.1, 0.15) is 81.2 Å². The maximum atomic E-state index is 13.7. The first kappa shape index (κ1) is 48.6. The molecule has 4 fully saturated rings. The fraction of sp³-hybridized carbons (Fsp3) is 0.529. The summed E-state index contributed by atoms with van der Waals surface area (Å²) in [5.41, 5.74) is 6.62. The molecule has 0 radical (unpaired) electrons. The molecule has 15 heteroatoms. The number of rotatable bonds is 8. The monoisotopic (exact) mass is 928 g/mol. The summed E-state index contributed by atoms with van der Waals surface area (Å²) in [7, 11) is 14.0. The van der Waals surface area contributed by atoms with Gasteiger partial charge in [0.05, 0.1) is 66.8 Å². The SMILES string of the molecule is COc1cc(CN2CCC3(CC2)C2=CC(C)(C)c4c(cc(OC)cc4OC)CN2C(=O)N3C)cc(OC)c1.COc1cc2c(c(OC)c1)C(C)(C)C=C1N(C2)C(=O)N(C)C12CCNCC2.Cl. The first-order valence-corrected chi connectivity index (χ1v) is 22.7. The maximum absolute atomic E-state index is 13.7. The second kappa shape index (κ2) is 18.4. The highest BCUT2D eigenvalue weighted by atomic mass is 35.5. The number of halogens is 1. The summed E-state index contributed by atoms with van der Waals surface area (Å²) in [6, 6.07) is 14.1. The third-order valence-corrected chi connectivity index (χ3v) is 15.0. The predicted octanol–water partition coefficient (Wildman–Crippen LogP) is 8.09. The predicted molar refractivity (Wildman–Crippen MR) is 258 cm³/mol. The van der Waals surface area contributed by atoms with Crippen LogP contribution in [-0.2, 0) is 30.5 Å². The number of nitrogens with zero attached hydrogens (tertiary/aromatic N) is 5. The van der Waals surface area contributed by atoms with Crippen LogP contribution >= 0.6 is 12.4 Å². The molecular weight excluding hydrogens is 860 g/mol. The van der Waals surface area contributed by atoms with Crippen molar-refractivity contribution >= 4 is 24.5 Å². The second-order valence-corrected chi connectivity index (χ2v) is 19.4. The number of hydrogen-bond acceptors (Lipinski definition) is 10. The first-order valence-electron chi connectivity index (χ1n) is 22.7. The van der Waals surface area contributed by atoms with Crippen molar-refractivity contribution in [1.82, 2.24) is 29.8 Å². The Morgan fingerprint density at radius 2 is 0.939 bits per heavy atom. The number of likely N-dealkylation sites (N-methyl/N-ethyl adjacent to an activating group) is 2. The van der Waals surface area contributed by atoms with Crippen LogP contribution in [0.5, 0.6) is 34.5 Å². The molecule has 6 aliphatic rings. The number of carbonyl (C=O) groups is 2. The van der Waals surface area contributed by atoms with E-state index in [4.69, 9.17) is 28.4 Å². The summed E-state index contributed by atoms with van der Waals surface area (Å²) < 4.78 is 33.5. The Morgan fingerprint density at radius 3 is 1.33 bits per heavy atom. The molecule has 6 heterocycles. The van der Waals surface area contributed by atoms with Crippen LogP contribution < -0.4 is 33.7 Å². The van der Waals surface area contributed by atoms with Gasteiger partial charge in [-0.05, 0) is 79.7 Å². The molecule has 2 spiro atoms. The fourth-order valence-electron chi connectivity index (χ4n) is 11.6. The summed E-state index contributed by atoms with van der Waals surface area (Å²) in [4.78, 5) is 37.2.